The number of halogens is 2. The van der Waals surface area contributed by atoms with Gasteiger partial charge in [0.1, 0.15) is 5.82 Å². The van der Waals surface area contributed by atoms with Crippen LogP contribution < -0.4 is 5.73 Å². The number of imidazole rings is 1. The molecule has 1 aromatic heterocycles. The van der Waals surface area contributed by atoms with Crippen LogP contribution in [0.3, 0.4) is 0 Å². The molecule has 0 radical (unpaired) electrons. The van der Waals surface area contributed by atoms with Crippen LogP contribution >= 0.6 is 22.6 Å². The van der Waals surface area contributed by atoms with Crippen molar-refractivity contribution >= 4 is 39.6 Å². The molecular weight excluding hydrogens is 348 g/mol. The molecule has 2 heterocycles. The Labute approximate surface area is 117 Å². The molecule has 1 fully saturated rings. The summed E-state index contributed by atoms with van der Waals surface area (Å²) in [6.45, 7) is 1.44. The summed E-state index contributed by atoms with van der Waals surface area (Å²) in [5.74, 6) is 0.179. The van der Waals surface area contributed by atoms with Crippen molar-refractivity contribution in [3.63, 3.8) is 0 Å². The molecule has 2 N–H and O–H groups in total. The molecule has 0 amide bonds. The number of ether oxygens (including phenoxy) is 1. The van der Waals surface area contributed by atoms with Crippen molar-refractivity contribution in [3.05, 3.63) is 21.5 Å². The Morgan fingerprint density at radius 1 is 1.56 bits per heavy atom. The van der Waals surface area contributed by atoms with Crippen molar-refractivity contribution in [2.45, 2.75) is 25.5 Å². The van der Waals surface area contributed by atoms with Crippen molar-refractivity contribution in [3.8, 4) is 0 Å². The lowest BCUT2D eigenvalue weighted by molar-refractivity contribution is 0.0983. The zero-order valence-corrected chi connectivity index (χ0v) is 11.9. The predicted octanol–water partition coefficient (Wildman–Crippen LogP) is 2.54. The highest BCUT2D eigenvalue weighted by Gasteiger charge is 2.19. The van der Waals surface area contributed by atoms with Gasteiger partial charge in [0.05, 0.1) is 27.3 Å². The molecule has 1 aromatic carbocycles. The summed E-state index contributed by atoms with van der Waals surface area (Å²) in [5.41, 5.74) is 7.37. The molecule has 1 atom stereocenters. The summed E-state index contributed by atoms with van der Waals surface area (Å²) >= 11 is 1.95. The van der Waals surface area contributed by atoms with Gasteiger partial charge in [-0.1, -0.05) is 0 Å². The van der Waals surface area contributed by atoms with E-state index in [1.54, 1.807) is 6.07 Å². The van der Waals surface area contributed by atoms with Crippen molar-refractivity contribution in [2.75, 3.05) is 12.3 Å². The monoisotopic (exact) mass is 361 g/mol. The maximum atomic E-state index is 13.6. The molecule has 0 spiro atoms. The van der Waals surface area contributed by atoms with Gasteiger partial charge in [0, 0.05) is 12.7 Å². The van der Waals surface area contributed by atoms with Crippen LogP contribution in [0.4, 0.5) is 10.3 Å². The average Bonchev–Trinajstić information content (AvgIpc) is 2.92. The lowest BCUT2D eigenvalue weighted by atomic mass is 10.2. The van der Waals surface area contributed by atoms with E-state index in [9.17, 15) is 4.39 Å². The molecule has 0 bridgehead atoms. The first kappa shape index (κ1) is 12.2. The van der Waals surface area contributed by atoms with E-state index in [-0.39, 0.29) is 11.9 Å². The number of nitrogen functional groups attached to an aromatic ring is 1. The van der Waals surface area contributed by atoms with E-state index < -0.39 is 0 Å². The minimum Gasteiger partial charge on any atom is -0.376 e. The van der Waals surface area contributed by atoms with Gasteiger partial charge in [-0.15, -0.1) is 0 Å². The zero-order chi connectivity index (χ0) is 12.7. The molecule has 4 nitrogen and oxygen atoms in total. The fraction of sp³-hybridized carbons (Fsp3) is 0.417. The fourth-order valence-corrected chi connectivity index (χ4v) is 2.77. The van der Waals surface area contributed by atoms with Crippen molar-refractivity contribution in [1.82, 2.24) is 9.55 Å². The molecule has 3 rings (SSSR count). The van der Waals surface area contributed by atoms with Gasteiger partial charge in [-0.3, -0.25) is 0 Å². The number of nitrogens with zero attached hydrogens (tertiary/aromatic N) is 2. The van der Waals surface area contributed by atoms with Gasteiger partial charge in [0.2, 0.25) is 5.95 Å². The Balaban J connectivity index is 2.04. The summed E-state index contributed by atoms with van der Waals surface area (Å²) in [6.07, 6.45) is 2.25. The predicted molar refractivity (Wildman–Crippen MR) is 75.8 cm³/mol. The second-order valence-corrected chi connectivity index (χ2v) is 5.63. The highest BCUT2D eigenvalue weighted by Crippen LogP contribution is 2.25. The molecule has 0 aliphatic carbocycles. The highest BCUT2D eigenvalue weighted by molar-refractivity contribution is 14.1. The van der Waals surface area contributed by atoms with Crippen molar-refractivity contribution in [2.24, 2.45) is 0 Å². The molecule has 2 aromatic rings. The van der Waals surface area contributed by atoms with Gasteiger partial charge >= 0.3 is 0 Å². The fourth-order valence-electron chi connectivity index (χ4n) is 2.32. The number of hydrogen-bond acceptors (Lipinski definition) is 3. The van der Waals surface area contributed by atoms with E-state index in [1.165, 1.54) is 6.07 Å². The van der Waals surface area contributed by atoms with Crippen molar-refractivity contribution in [1.29, 1.82) is 0 Å². The summed E-state index contributed by atoms with van der Waals surface area (Å²) < 4.78 is 21.6. The summed E-state index contributed by atoms with van der Waals surface area (Å²) in [5, 5.41) is 0. The van der Waals surface area contributed by atoms with E-state index in [1.807, 2.05) is 27.2 Å². The van der Waals surface area contributed by atoms with E-state index in [4.69, 9.17) is 10.5 Å². The number of hydrogen-bond donors (Lipinski definition) is 1. The Hall–Kier alpha value is -0.890. The number of aromatic nitrogens is 2. The number of benzene rings is 1. The molecule has 1 unspecified atom stereocenters. The molecule has 1 aliphatic rings. The van der Waals surface area contributed by atoms with Gasteiger partial charge in [-0.05, 0) is 41.5 Å². The molecule has 96 valence electrons. The topological polar surface area (TPSA) is 53.1 Å². The normalized spacial score (nSPS) is 19.8. The maximum absolute atomic E-state index is 13.6. The zero-order valence-electron chi connectivity index (χ0n) is 9.70. The third kappa shape index (κ3) is 2.07. The second kappa shape index (κ2) is 4.65. The molecular formula is C12H13FIN3O. The highest BCUT2D eigenvalue weighted by atomic mass is 127. The van der Waals surface area contributed by atoms with Crippen molar-refractivity contribution < 1.29 is 9.13 Å². The maximum Gasteiger partial charge on any atom is 0.201 e. The molecule has 1 aliphatic heterocycles. The van der Waals surface area contributed by atoms with Crippen LogP contribution in [-0.4, -0.2) is 22.3 Å². The van der Waals surface area contributed by atoms with Gasteiger partial charge < -0.3 is 15.0 Å². The van der Waals surface area contributed by atoms with Gasteiger partial charge in [0.15, 0.2) is 0 Å². The number of rotatable bonds is 2. The van der Waals surface area contributed by atoms with Crippen LogP contribution in [0.25, 0.3) is 11.0 Å². The first-order chi connectivity index (χ1) is 8.65. The Kier molecular flexibility index (Phi) is 3.14. The molecule has 0 saturated carbocycles. The first-order valence-corrected chi connectivity index (χ1v) is 6.95. The van der Waals surface area contributed by atoms with E-state index in [0.717, 1.165) is 30.5 Å². The quantitative estimate of drug-likeness (QED) is 0.837. The van der Waals surface area contributed by atoms with E-state index >= 15 is 0 Å². The lowest BCUT2D eigenvalue weighted by Crippen LogP contribution is -2.16. The second-order valence-electron chi connectivity index (χ2n) is 4.47. The van der Waals surface area contributed by atoms with Gasteiger partial charge in [-0.2, -0.15) is 0 Å². The average molecular weight is 361 g/mol. The third-order valence-electron chi connectivity index (χ3n) is 3.23. The van der Waals surface area contributed by atoms with Crippen LogP contribution in [-0.2, 0) is 11.3 Å². The Bertz CT molecular complexity index is 593. The van der Waals surface area contributed by atoms with Crippen LogP contribution in [0.15, 0.2) is 12.1 Å². The van der Waals surface area contributed by atoms with E-state index in [0.29, 0.717) is 16.1 Å². The van der Waals surface area contributed by atoms with Crippen LogP contribution in [0, 0.1) is 9.39 Å². The lowest BCUT2D eigenvalue weighted by Gasteiger charge is -2.12. The minimum atomic E-state index is -0.239. The minimum absolute atomic E-state index is 0.159. The Morgan fingerprint density at radius 3 is 3.11 bits per heavy atom. The van der Waals surface area contributed by atoms with E-state index in [2.05, 4.69) is 4.98 Å². The molecule has 18 heavy (non-hydrogen) atoms. The number of nitrogens with two attached hydrogens (primary N) is 1. The standard InChI is InChI=1S/C12H13FIN3O/c13-8-4-11-10(5-9(8)14)16-12(15)17(11)6-7-2-1-3-18-7/h4-5,7H,1-3,6H2,(H2,15,16). The molecule has 6 heteroatoms. The van der Waals surface area contributed by atoms with Crippen LogP contribution in [0.1, 0.15) is 12.8 Å². The van der Waals surface area contributed by atoms with Gasteiger partial charge in [-0.25, -0.2) is 9.37 Å². The largest absolute Gasteiger partial charge is 0.376 e. The number of anilines is 1. The smallest absolute Gasteiger partial charge is 0.201 e. The number of fused-ring (bicyclic) bond motifs is 1. The van der Waals surface area contributed by atoms with Crippen LogP contribution in [0.5, 0.6) is 0 Å². The summed E-state index contributed by atoms with van der Waals surface area (Å²) in [7, 11) is 0. The third-order valence-corrected chi connectivity index (χ3v) is 4.06. The molecule has 1 saturated heterocycles. The summed E-state index contributed by atoms with van der Waals surface area (Å²) in [4.78, 5) is 4.27. The van der Waals surface area contributed by atoms with Gasteiger partial charge in [0.25, 0.3) is 0 Å². The first-order valence-electron chi connectivity index (χ1n) is 5.87. The SMILES string of the molecule is Nc1nc2cc(I)c(F)cc2n1CC1CCCO1. The Morgan fingerprint density at radius 2 is 2.39 bits per heavy atom. The summed E-state index contributed by atoms with van der Waals surface area (Å²) in [6, 6.07) is 3.21. The van der Waals surface area contributed by atoms with Crippen LogP contribution in [0.2, 0.25) is 0 Å².